The van der Waals surface area contributed by atoms with Crippen LogP contribution in [-0.4, -0.2) is 20.7 Å². The Kier molecular flexibility index (Phi) is 5.67. The van der Waals surface area contributed by atoms with Gasteiger partial charge in [-0.1, -0.05) is 67.9 Å². The molecule has 0 aliphatic carbocycles. The van der Waals surface area contributed by atoms with E-state index in [0.29, 0.717) is 22.4 Å². The van der Waals surface area contributed by atoms with E-state index in [-0.39, 0.29) is 17.2 Å². The standard InChI is InChI=1S/C22H22N4O2S/c1-2-3-4-9-14-26-21(28)16-11-6-5-10-15(16)19(25-26)20(27)24-22-23-17-12-7-8-13-18(17)29-22/h5-8,10-13H,2-4,9,14H2,1H3,(H,23,24,27). The predicted octanol–water partition coefficient (Wildman–Crippen LogP) is 4.84. The third-order valence-electron chi connectivity index (χ3n) is 4.82. The molecule has 2 aromatic carbocycles. The number of unbranched alkanes of at least 4 members (excludes halogenated alkanes) is 3. The molecule has 2 heterocycles. The van der Waals surface area contributed by atoms with Gasteiger partial charge in [0.2, 0.25) is 0 Å². The number of aromatic nitrogens is 3. The molecule has 0 atom stereocenters. The Balaban J connectivity index is 1.68. The van der Waals surface area contributed by atoms with Gasteiger partial charge in [-0.2, -0.15) is 5.10 Å². The Morgan fingerprint density at radius 1 is 1.03 bits per heavy atom. The number of nitrogens with zero attached hydrogens (tertiary/aromatic N) is 3. The van der Waals surface area contributed by atoms with Crippen molar-refractivity contribution in [2.75, 3.05) is 5.32 Å². The predicted molar refractivity (Wildman–Crippen MR) is 118 cm³/mol. The zero-order valence-electron chi connectivity index (χ0n) is 16.2. The van der Waals surface area contributed by atoms with Gasteiger partial charge in [0, 0.05) is 11.9 Å². The summed E-state index contributed by atoms with van der Waals surface area (Å²) >= 11 is 1.41. The largest absolute Gasteiger partial charge is 0.296 e. The molecule has 0 saturated heterocycles. The van der Waals surface area contributed by atoms with Crippen molar-refractivity contribution in [2.45, 2.75) is 39.2 Å². The number of rotatable bonds is 7. The Bertz CT molecular complexity index is 1200. The number of para-hydroxylation sites is 1. The molecule has 0 saturated carbocycles. The van der Waals surface area contributed by atoms with Crippen molar-refractivity contribution < 1.29 is 4.79 Å². The number of aryl methyl sites for hydroxylation is 1. The number of carbonyl (C=O) groups is 1. The monoisotopic (exact) mass is 406 g/mol. The highest BCUT2D eigenvalue weighted by molar-refractivity contribution is 7.22. The van der Waals surface area contributed by atoms with Crippen LogP contribution in [0.2, 0.25) is 0 Å². The van der Waals surface area contributed by atoms with E-state index in [0.717, 1.165) is 35.9 Å². The number of carbonyl (C=O) groups excluding carboxylic acids is 1. The molecule has 0 aliphatic rings. The minimum absolute atomic E-state index is 0.159. The van der Waals surface area contributed by atoms with Gasteiger partial charge in [0.15, 0.2) is 10.8 Å². The molecular formula is C22H22N4O2S. The van der Waals surface area contributed by atoms with Crippen LogP contribution >= 0.6 is 11.3 Å². The first kappa shape index (κ1) is 19.3. The van der Waals surface area contributed by atoms with Crippen LogP contribution in [0.4, 0.5) is 5.13 Å². The lowest BCUT2D eigenvalue weighted by atomic mass is 10.1. The summed E-state index contributed by atoms with van der Waals surface area (Å²) in [5, 5.41) is 8.85. The molecule has 4 rings (SSSR count). The molecule has 0 fully saturated rings. The summed E-state index contributed by atoms with van der Waals surface area (Å²) in [7, 11) is 0. The van der Waals surface area contributed by atoms with Gasteiger partial charge in [-0.25, -0.2) is 9.67 Å². The Morgan fingerprint density at radius 2 is 1.79 bits per heavy atom. The van der Waals surface area contributed by atoms with Gasteiger partial charge < -0.3 is 0 Å². The van der Waals surface area contributed by atoms with E-state index >= 15 is 0 Å². The summed E-state index contributed by atoms with van der Waals surface area (Å²) in [6, 6.07) is 14.9. The maximum Gasteiger partial charge on any atom is 0.278 e. The Morgan fingerprint density at radius 3 is 2.59 bits per heavy atom. The minimum Gasteiger partial charge on any atom is -0.296 e. The summed E-state index contributed by atoms with van der Waals surface area (Å²) in [5.74, 6) is -0.359. The number of hydrogen-bond donors (Lipinski definition) is 1. The summed E-state index contributed by atoms with van der Waals surface area (Å²) in [6.07, 6.45) is 4.13. The molecule has 1 amide bonds. The van der Waals surface area contributed by atoms with Crippen LogP contribution in [-0.2, 0) is 6.54 Å². The van der Waals surface area contributed by atoms with Gasteiger partial charge in [-0.05, 0) is 24.6 Å². The van der Waals surface area contributed by atoms with E-state index in [2.05, 4.69) is 22.3 Å². The summed E-state index contributed by atoms with van der Waals surface area (Å²) in [6.45, 7) is 2.65. The number of hydrogen-bond acceptors (Lipinski definition) is 5. The molecule has 7 heteroatoms. The van der Waals surface area contributed by atoms with Crippen LogP contribution in [0.1, 0.15) is 43.1 Å². The van der Waals surface area contributed by atoms with Crippen LogP contribution in [0, 0.1) is 0 Å². The molecule has 29 heavy (non-hydrogen) atoms. The van der Waals surface area contributed by atoms with Gasteiger partial charge in [-0.3, -0.25) is 14.9 Å². The maximum atomic E-state index is 13.0. The minimum atomic E-state index is -0.359. The highest BCUT2D eigenvalue weighted by atomic mass is 32.1. The lowest BCUT2D eigenvalue weighted by Crippen LogP contribution is -2.27. The molecular weight excluding hydrogens is 384 g/mol. The van der Waals surface area contributed by atoms with E-state index in [1.807, 2.05) is 30.3 Å². The number of thiazole rings is 1. The normalized spacial score (nSPS) is 11.2. The fraction of sp³-hybridized carbons (Fsp3) is 0.273. The molecule has 0 aliphatic heterocycles. The molecule has 1 N–H and O–H groups in total. The zero-order chi connectivity index (χ0) is 20.2. The van der Waals surface area contributed by atoms with Crippen molar-refractivity contribution in [1.29, 1.82) is 0 Å². The first-order valence-corrected chi connectivity index (χ1v) is 10.7. The molecule has 148 valence electrons. The number of benzene rings is 2. The van der Waals surface area contributed by atoms with E-state index in [1.165, 1.54) is 16.0 Å². The smallest absolute Gasteiger partial charge is 0.278 e. The third kappa shape index (κ3) is 4.05. The van der Waals surface area contributed by atoms with Gasteiger partial charge in [0.1, 0.15) is 0 Å². The van der Waals surface area contributed by atoms with Crippen LogP contribution in [0.15, 0.2) is 53.3 Å². The van der Waals surface area contributed by atoms with Crippen molar-refractivity contribution in [3.05, 3.63) is 64.6 Å². The molecule has 6 nitrogen and oxygen atoms in total. The van der Waals surface area contributed by atoms with E-state index in [9.17, 15) is 9.59 Å². The van der Waals surface area contributed by atoms with Crippen molar-refractivity contribution >= 4 is 43.4 Å². The SMILES string of the molecule is CCCCCCn1nc(C(=O)Nc2nc3ccccc3s2)c2ccccc2c1=O. The van der Waals surface area contributed by atoms with Crippen molar-refractivity contribution in [3.63, 3.8) is 0 Å². The fourth-order valence-corrected chi connectivity index (χ4v) is 4.19. The Hall–Kier alpha value is -3.06. The molecule has 0 unspecified atom stereocenters. The van der Waals surface area contributed by atoms with Crippen molar-refractivity contribution in [2.24, 2.45) is 0 Å². The van der Waals surface area contributed by atoms with Gasteiger partial charge in [-0.15, -0.1) is 0 Å². The maximum absolute atomic E-state index is 13.0. The molecule has 0 radical (unpaired) electrons. The number of anilines is 1. The van der Waals surface area contributed by atoms with Crippen LogP contribution in [0.5, 0.6) is 0 Å². The average molecular weight is 407 g/mol. The second-order valence-electron chi connectivity index (χ2n) is 6.92. The van der Waals surface area contributed by atoms with Crippen LogP contribution in [0.25, 0.3) is 21.0 Å². The van der Waals surface area contributed by atoms with E-state index < -0.39 is 0 Å². The quantitative estimate of drug-likeness (QED) is 0.446. The lowest BCUT2D eigenvalue weighted by Gasteiger charge is -2.10. The second kappa shape index (κ2) is 8.53. The van der Waals surface area contributed by atoms with Gasteiger partial charge in [0.25, 0.3) is 11.5 Å². The number of nitrogens with one attached hydrogen (secondary N) is 1. The topological polar surface area (TPSA) is 76.9 Å². The Labute approximate surface area is 172 Å². The van der Waals surface area contributed by atoms with E-state index in [4.69, 9.17) is 0 Å². The fourth-order valence-electron chi connectivity index (χ4n) is 3.32. The molecule has 0 spiro atoms. The summed E-state index contributed by atoms with van der Waals surface area (Å²) < 4.78 is 2.42. The van der Waals surface area contributed by atoms with Crippen molar-refractivity contribution in [1.82, 2.24) is 14.8 Å². The molecule has 4 aromatic rings. The average Bonchev–Trinajstić information content (AvgIpc) is 3.15. The van der Waals surface area contributed by atoms with Gasteiger partial charge in [0.05, 0.1) is 15.6 Å². The van der Waals surface area contributed by atoms with Gasteiger partial charge >= 0.3 is 0 Å². The first-order valence-electron chi connectivity index (χ1n) is 9.84. The molecule has 0 bridgehead atoms. The van der Waals surface area contributed by atoms with Crippen LogP contribution < -0.4 is 10.9 Å². The lowest BCUT2D eigenvalue weighted by molar-refractivity contribution is 0.102. The highest BCUT2D eigenvalue weighted by Gasteiger charge is 2.18. The number of fused-ring (bicyclic) bond motifs is 2. The summed E-state index contributed by atoms with van der Waals surface area (Å²) in [4.78, 5) is 30.3. The van der Waals surface area contributed by atoms with Crippen molar-refractivity contribution in [3.8, 4) is 0 Å². The summed E-state index contributed by atoms with van der Waals surface area (Å²) in [5.41, 5.74) is 0.926. The third-order valence-corrected chi connectivity index (χ3v) is 5.77. The second-order valence-corrected chi connectivity index (χ2v) is 7.95. The zero-order valence-corrected chi connectivity index (χ0v) is 17.0. The number of amides is 1. The van der Waals surface area contributed by atoms with E-state index in [1.54, 1.807) is 18.2 Å². The molecule has 2 aromatic heterocycles. The van der Waals surface area contributed by atoms with Crippen LogP contribution in [0.3, 0.4) is 0 Å². The first-order chi connectivity index (χ1) is 14.2. The highest BCUT2D eigenvalue weighted by Crippen LogP contribution is 2.26.